The highest BCUT2D eigenvalue weighted by Crippen LogP contribution is 2.31. The molecule has 0 amide bonds. The Labute approximate surface area is 110 Å². The lowest BCUT2D eigenvalue weighted by atomic mass is 10.1. The minimum atomic E-state index is -0.977. The summed E-state index contributed by atoms with van der Waals surface area (Å²) in [7, 11) is 0. The zero-order chi connectivity index (χ0) is 13.8. The van der Waals surface area contributed by atoms with Crippen LogP contribution in [0.1, 0.15) is 24.2 Å². The monoisotopic (exact) mass is 257 g/mol. The average Bonchev–Trinajstić information content (AvgIpc) is 2.38. The summed E-state index contributed by atoms with van der Waals surface area (Å²) >= 11 is 0. The summed E-state index contributed by atoms with van der Waals surface area (Å²) in [4.78, 5) is 0. The molecule has 2 aromatic rings. The van der Waals surface area contributed by atoms with Crippen LogP contribution in [0.2, 0.25) is 0 Å². The fourth-order valence-corrected chi connectivity index (χ4v) is 1.77. The second-order valence-corrected chi connectivity index (χ2v) is 4.07. The summed E-state index contributed by atoms with van der Waals surface area (Å²) in [5, 5.41) is 18.4. The molecule has 0 bridgehead atoms. The minimum absolute atomic E-state index is 0.102. The topological polar surface area (TPSA) is 53.2 Å². The molecular weight excluding hydrogens is 245 g/mol. The smallest absolute Gasteiger partial charge is 0.136 e. The lowest BCUT2D eigenvalue weighted by Gasteiger charge is -2.13. The van der Waals surface area contributed by atoms with Crippen molar-refractivity contribution in [2.75, 3.05) is 0 Å². The van der Waals surface area contributed by atoms with Crippen LogP contribution in [-0.4, -0.2) is 5.11 Å². The van der Waals surface area contributed by atoms with E-state index in [-0.39, 0.29) is 11.3 Å². The summed E-state index contributed by atoms with van der Waals surface area (Å²) in [5.41, 5.74) is 0.553. The number of hydrogen-bond acceptors (Lipinski definition) is 3. The lowest BCUT2D eigenvalue weighted by Crippen LogP contribution is -1.99. The molecule has 0 saturated heterocycles. The van der Waals surface area contributed by atoms with Crippen LogP contribution in [0, 0.1) is 17.1 Å². The number of aliphatic hydroxyl groups is 1. The average molecular weight is 257 g/mol. The zero-order valence-corrected chi connectivity index (χ0v) is 10.3. The van der Waals surface area contributed by atoms with E-state index >= 15 is 0 Å². The molecule has 2 rings (SSSR count). The number of hydrogen-bond donors (Lipinski definition) is 1. The molecule has 0 aliphatic heterocycles. The van der Waals surface area contributed by atoms with Gasteiger partial charge in [-0.3, -0.25) is 0 Å². The van der Waals surface area contributed by atoms with E-state index in [1.165, 1.54) is 19.1 Å². The van der Waals surface area contributed by atoms with E-state index < -0.39 is 11.9 Å². The largest absolute Gasteiger partial charge is 0.457 e. The molecule has 0 aliphatic carbocycles. The summed E-state index contributed by atoms with van der Waals surface area (Å²) in [6.07, 6.45) is -0.977. The first kappa shape index (κ1) is 13.1. The van der Waals surface area contributed by atoms with E-state index in [2.05, 4.69) is 0 Å². The van der Waals surface area contributed by atoms with Crippen LogP contribution >= 0.6 is 0 Å². The van der Waals surface area contributed by atoms with Gasteiger partial charge in [-0.1, -0.05) is 12.1 Å². The van der Waals surface area contributed by atoms with Gasteiger partial charge in [0.25, 0.3) is 0 Å². The fourth-order valence-electron chi connectivity index (χ4n) is 1.77. The number of aliphatic hydroxyl groups excluding tert-OH is 1. The Morgan fingerprint density at radius 3 is 2.68 bits per heavy atom. The van der Waals surface area contributed by atoms with E-state index in [1.807, 2.05) is 6.07 Å². The maximum atomic E-state index is 13.7. The van der Waals surface area contributed by atoms with Crippen molar-refractivity contribution in [3.63, 3.8) is 0 Å². The Morgan fingerprint density at radius 1 is 1.26 bits per heavy atom. The van der Waals surface area contributed by atoms with Gasteiger partial charge in [0.05, 0.1) is 23.3 Å². The maximum absolute atomic E-state index is 13.7. The van der Waals surface area contributed by atoms with Gasteiger partial charge in [0, 0.05) is 0 Å². The highest BCUT2D eigenvalue weighted by molar-refractivity contribution is 5.42. The number of ether oxygens (including phenoxy) is 1. The van der Waals surface area contributed by atoms with Crippen LogP contribution in [0.3, 0.4) is 0 Å². The predicted octanol–water partition coefficient (Wildman–Crippen LogP) is 3.54. The molecule has 0 aromatic heterocycles. The zero-order valence-electron chi connectivity index (χ0n) is 10.3. The summed E-state index contributed by atoms with van der Waals surface area (Å²) in [6.45, 7) is 1.47. The van der Waals surface area contributed by atoms with Crippen LogP contribution in [0.25, 0.3) is 0 Å². The van der Waals surface area contributed by atoms with Crippen LogP contribution in [0.15, 0.2) is 42.5 Å². The Kier molecular flexibility index (Phi) is 3.79. The van der Waals surface area contributed by atoms with Crippen LogP contribution < -0.4 is 4.74 Å². The normalized spacial score (nSPS) is 11.7. The predicted molar refractivity (Wildman–Crippen MR) is 68.3 cm³/mol. The van der Waals surface area contributed by atoms with E-state index in [0.717, 1.165) is 0 Å². The van der Waals surface area contributed by atoms with Crippen molar-refractivity contribution in [3.8, 4) is 17.6 Å². The molecule has 19 heavy (non-hydrogen) atoms. The Bertz CT molecular complexity index is 632. The van der Waals surface area contributed by atoms with Gasteiger partial charge >= 0.3 is 0 Å². The number of benzene rings is 2. The van der Waals surface area contributed by atoms with Gasteiger partial charge in [0.15, 0.2) is 0 Å². The number of nitriles is 1. The quantitative estimate of drug-likeness (QED) is 0.914. The van der Waals surface area contributed by atoms with E-state index in [4.69, 9.17) is 10.00 Å². The molecule has 0 spiro atoms. The lowest BCUT2D eigenvalue weighted by molar-refractivity contribution is 0.190. The molecule has 3 nitrogen and oxygen atoms in total. The van der Waals surface area contributed by atoms with Gasteiger partial charge in [-0.2, -0.15) is 5.26 Å². The molecule has 0 saturated carbocycles. The van der Waals surface area contributed by atoms with Gasteiger partial charge in [-0.25, -0.2) is 4.39 Å². The van der Waals surface area contributed by atoms with Crippen molar-refractivity contribution < 1.29 is 14.2 Å². The minimum Gasteiger partial charge on any atom is -0.457 e. The highest BCUT2D eigenvalue weighted by atomic mass is 19.1. The van der Waals surface area contributed by atoms with Crippen LogP contribution in [-0.2, 0) is 0 Å². The van der Waals surface area contributed by atoms with Crippen molar-refractivity contribution in [2.24, 2.45) is 0 Å². The number of halogens is 1. The van der Waals surface area contributed by atoms with E-state index in [1.54, 1.807) is 30.3 Å². The molecule has 96 valence electrons. The first-order valence-corrected chi connectivity index (χ1v) is 5.76. The van der Waals surface area contributed by atoms with Gasteiger partial charge in [-0.05, 0) is 37.3 Å². The molecule has 0 heterocycles. The third-order valence-electron chi connectivity index (χ3n) is 2.62. The van der Waals surface area contributed by atoms with Crippen molar-refractivity contribution in [3.05, 3.63) is 59.4 Å². The molecule has 1 N–H and O–H groups in total. The maximum Gasteiger partial charge on any atom is 0.136 e. The van der Waals surface area contributed by atoms with Crippen molar-refractivity contribution >= 4 is 0 Å². The standard InChI is InChI=1S/C15H12FNO2/c1-10(18)15-13(16)6-3-7-14(15)19-12-5-2-4-11(8-12)9-17/h2-8,10,18H,1H3/t10-/m0/s1. The first-order valence-electron chi connectivity index (χ1n) is 5.76. The van der Waals surface area contributed by atoms with E-state index in [9.17, 15) is 9.50 Å². The number of rotatable bonds is 3. The molecule has 0 aliphatic rings. The van der Waals surface area contributed by atoms with Gasteiger partial charge < -0.3 is 9.84 Å². The summed E-state index contributed by atoms with van der Waals surface area (Å²) in [6, 6.07) is 12.9. The molecule has 1 atom stereocenters. The Morgan fingerprint density at radius 2 is 2.00 bits per heavy atom. The Hall–Kier alpha value is -2.38. The molecule has 2 aromatic carbocycles. The van der Waals surface area contributed by atoms with Crippen molar-refractivity contribution in [1.29, 1.82) is 5.26 Å². The second-order valence-electron chi connectivity index (χ2n) is 4.07. The molecule has 0 unspecified atom stereocenters. The van der Waals surface area contributed by atoms with Gasteiger partial charge in [0.1, 0.15) is 17.3 Å². The molecular formula is C15H12FNO2. The first-order chi connectivity index (χ1) is 9.11. The fraction of sp³-hybridized carbons (Fsp3) is 0.133. The van der Waals surface area contributed by atoms with Crippen LogP contribution in [0.4, 0.5) is 4.39 Å². The summed E-state index contributed by atoms with van der Waals surface area (Å²) in [5.74, 6) is 0.139. The summed E-state index contributed by atoms with van der Waals surface area (Å²) < 4.78 is 19.2. The van der Waals surface area contributed by atoms with Crippen molar-refractivity contribution in [1.82, 2.24) is 0 Å². The highest BCUT2D eigenvalue weighted by Gasteiger charge is 2.15. The van der Waals surface area contributed by atoms with Gasteiger partial charge in [-0.15, -0.1) is 0 Å². The molecule has 4 heteroatoms. The van der Waals surface area contributed by atoms with E-state index in [0.29, 0.717) is 11.3 Å². The Balaban J connectivity index is 2.38. The van der Waals surface area contributed by atoms with Gasteiger partial charge in [0.2, 0.25) is 0 Å². The second kappa shape index (κ2) is 5.51. The third kappa shape index (κ3) is 2.90. The number of nitrogens with zero attached hydrogens (tertiary/aromatic N) is 1. The van der Waals surface area contributed by atoms with Crippen molar-refractivity contribution in [2.45, 2.75) is 13.0 Å². The third-order valence-corrected chi connectivity index (χ3v) is 2.62. The van der Waals surface area contributed by atoms with Crippen LogP contribution in [0.5, 0.6) is 11.5 Å². The SMILES string of the molecule is C[C@H](O)c1c(F)cccc1Oc1cccc(C#N)c1. The molecule has 0 fully saturated rings. The molecule has 0 radical (unpaired) electrons.